The Morgan fingerprint density at radius 3 is 2.95 bits per heavy atom. The maximum atomic E-state index is 12.4. The van der Waals surface area contributed by atoms with Crippen molar-refractivity contribution in [1.82, 2.24) is 4.98 Å². The molecule has 1 aliphatic rings. The van der Waals surface area contributed by atoms with Gasteiger partial charge in [0.15, 0.2) is 0 Å². The van der Waals surface area contributed by atoms with Crippen molar-refractivity contribution in [3.8, 4) is 0 Å². The molecule has 96 valence electrons. The van der Waals surface area contributed by atoms with Crippen molar-refractivity contribution >= 4 is 11.6 Å². The summed E-state index contributed by atoms with van der Waals surface area (Å²) in [6.07, 6.45) is 6.00. The van der Waals surface area contributed by atoms with Crippen LogP contribution in [-0.4, -0.2) is 17.4 Å². The number of benzene rings is 1. The van der Waals surface area contributed by atoms with Crippen LogP contribution in [0.2, 0.25) is 0 Å². The lowest BCUT2D eigenvalue weighted by Crippen LogP contribution is -2.36. The number of aromatic nitrogens is 1. The monoisotopic (exact) mass is 252 g/mol. The molecular weight excluding hydrogens is 236 g/mol. The lowest BCUT2D eigenvalue weighted by atomic mass is 10.0. The minimum Gasteiger partial charge on any atom is -0.312 e. The molecule has 0 aliphatic carbocycles. The fourth-order valence-corrected chi connectivity index (χ4v) is 2.57. The zero-order valence-electron chi connectivity index (χ0n) is 10.7. The van der Waals surface area contributed by atoms with Gasteiger partial charge in [0.1, 0.15) is 0 Å². The van der Waals surface area contributed by atoms with Crippen LogP contribution in [0.3, 0.4) is 0 Å². The number of para-hydroxylation sites is 1. The molecule has 1 amide bonds. The second-order valence-electron chi connectivity index (χ2n) is 4.82. The minimum absolute atomic E-state index is 0.153. The Morgan fingerprint density at radius 2 is 2.11 bits per heavy atom. The average molecular weight is 252 g/mol. The van der Waals surface area contributed by atoms with Gasteiger partial charge in [-0.15, -0.1) is 0 Å². The molecule has 0 unspecified atom stereocenters. The number of carbonyl (C=O) groups excluding carboxylic acids is 1. The van der Waals surface area contributed by atoms with E-state index in [4.69, 9.17) is 0 Å². The standard InChI is InChI=1S/C16H16N2O/c19-16(11-13-5-3-9-17-12-13)18-10-4-7-14-6-1-2-8-15(14)18/h1-3,5-6,8-9,12H,4,7,10-11H2. The SMILES string of the molecule is O=C(Cc1cccnc1)N1CCCc2ccccc21. The van der Waals surface area contributed by atoms with Crippen molar-refractivity contribution in [2.45, 2.75) is 19.3 Å². The molecule has 0 spiro atoms. The number of hydrogen-bond acceptors (Lipinski definition) is 2. The van der Waals surface area contributed by atoms with E-state index >= 15 is 0 Å². The van der Waals surface area contributed by atoms with Crippen LogP contribution in [0.1, 0.15) is 17.5 Å². The zero-order chi connectivity index (χ0) is 13.1. The Kier molecular flexibility index (Phi) is 3.27. The summed E-state index contributed by atoms with van der Waals surface area (Å²) in [5.41, 5.74) is 3.31. The molecule has 0 radical (unpaired) electrons. The third-order valence-electron chi connectivity index (χ3n) is 3.49. The number of anilines is 1. The molecule has 1 aliphatic heterocycles. The second kappa shape index (κ2) is 5.22. The highest BCUT2D eigenvalue weighted by molar-refractivity contribution is 5.95. The van der Waals surface area contributed by atoms with Crippen molar-refractivity contribution in [2.24, 2.45) is 0 Å². The fourth-order valence-electron chi connectivity index (χ4n) is 2.57. The normalized spacial score (nSPS) is 14.0. The van der Waals surface area contributed by atoms with Gasteiger partial charge >= 0.3 is 0 Å². The molecule has 3 heteroatoms. The van der Waals surface area contributed by atoms with Gasteiger partial charge in [-0.2, -0.15) is 0 Å². The van der Waals surface area contributed by atoms with E-state index in [2.05, 4.69) is 11.1 Å². The molecular formula is C16H16N2O. The van der Waals surface area contributed by atoms with E-state index in [9.17, 15) is 4.79 Å². The first-order chi connectivity index (χ1) is 9.34. The Morgan fingerprint density at radius 1 is 1.21 bits per heavy atom. The summed E-state index contributed by atoms with van der Waals surface area (Å²) in [5.74, 6) is 0.153. The number of fused-ring (bicyclic) bond motifs is 1. The summed E-state index contributed by atoms with van der Waals surface area (Å²) in [7, 11) is 0. The van der Waals surface area contributed by atoms with Crippen LogP contribution in [0, 0.1) is 0 Å². The highest BCUT2D eigenvalue weighted by atomic mass is 16.2. The van der Waals surface area contributed by atoms with Gasteiger partial charge in [0.2, 0.25) is 5.91 Å². The van der Waals surface area contributed by atoms with Crippen LogP contribution >= 0.6 is 0 Å². The van der Waals surface area contributed by atoms with Crippen molar-refractivity contribution in [3.05, 3.63) is 59.9 Å². The fraction of sp³-hybridized carbons (Fsp3) is 0.250. The van der Waals surface area contributed by atoms with E-state index in [1.807, 2.05) is 35.2 Å². The maximum Gasteiger partial charge on any atom is 0.231 e. The number of carbonyl (C=O) groups is 1. The predicted octanol–water partition coefficient (Wildman–Crippen LogP) is 2.60. The van der Waals surface area contributed by atoms with Crippen LogP contribution < -0.4 is 4.90 Å². The molecule has 3 rings (SSSR count). The summed E-state index contributed by atoms with van der Waals surface area (Å²) in [5, 5.41) is 0. The van der Waals surface area contributed by atoms with Crippen LogP contribution in [0.25, 0.3) is 0 Å². The largest absolute Gasteiger partial charge is 0.312 e. The molecule has 0 fully saturated rings. The number of hydrogen-bond donors (Lipinski definition) is 0. The number of aryl methyl sites for hydroxylation is 1. The molecule has 1 aromatic heterocycles. The number of amides is 1. The van der Waals surface area contributed by atoms with E-state index in [-0.39, 0.29) is 5.91 Å². The van der Waals surface area contributed by atoms with Gasteiger partial charge in [0, 0.05) is 24.6 Å². The molecule has 2 aromatic rings. The average Bonchev–Trinajstić information content (AvgIpc) is 2.47. The van der Waals surface area contributed by atoms with Crippen LogP contribution in [0.4, 0.5) is 5.69 Å². The number of pyridine rings is 1. The van der Waals surface area contributed by atoms with Gasteiger partial charge in [0.25, 0.3) is 0 Å². The van der Waals surface area contributed by atoms with E-state index in [1.165, 1.54) is 5.56 Å². The van der Waals surface area contributed by atoms with Gasteiger partial charge in [0.05, 0.1) is 6.42 Å². The highest BCUT2D eigenvalue weighted by Gasteiger charge is 2.21. The van der Waals surface area contributed by atoms with Gasteiger partial charge in [-0.3, -0.25) is 9.78 Å². The topological polar surface area (TPSA) is 33.2 Å². The van der Waals surface area contributed by atoms with E-state index < -0.39 is 0 Å². The maximum absolute atomic E-state index is 12.4. The Labute approximate surface area is 112 Å². The summed E-state index contributed by atoms with van der Waals surface area (Å²) in [6.45, 7) is 0.816. The first-order valence-electron chi connectivity index (χ1n) is 6.62. The van der Waals surface area contributed by atoms with E-state index in [1.54, 1.807) is 12.4 Å². The van der Waals surface area contributed by atoms with E-state index in [0.717, 1.165) is 30.6 Å². The number of nitrogens with zero attached hydrogens (tertiary/aromatic N) is 2. The first kappa shape index (κ1) is 11.9. The predicted molar refractivity (Wildman–Crippen MR) is 75.1 cm³/mol. The highest BCUT2D eigenvalue weighted by Crippen LogP contribution is 2.27. The molecule has 0 saturated heterocycles. The smallest absolute Gasteiger partial charge is 0.231 e. The first-order valence-corrected chi connectivity index (χ1v) is 6.62. The van der Waals surface area contributed by atoms with Gasteiger partial charge < -0.3 is 4.90 Å². The molecule has 0 bridgehead atoms. The summed E-state index contributed by atoms with van der Waals surface area (Å²) in [4.78, 5) is 18.4. The summed E-state index contributed by atoms with van der Waals surface area (Å²) >= 11 is 0. The third-order valence-corrected chi connectivity index (χ3v) is 3.49. The second-order valence-corrected chi connectivity index (χ2v) is 4.82. The summed E-state index contributed by atoms with van der Waals surface area (Å²) < 4.78 is 0. The summed E-state index contributed by atoms with van der Waals surface area (Å²) in [6, 6.07) is 12.0. The Bertz CT molecular complexity index is 580. The van der Waals surface area contributed by atoms with Crippen molar-refractivity contribution in [3.63, 3.8) is 0 Å². The molecule has 19 heavy (non-hydrogen) atoms. The van der Waals surface area contributed by atoms with Crippen molar-refractivity contribution < 1.29 is 4.79 Å². The Hall–Kier alpha value is -2.16. The zero-order valence-corrected chi connectivity index (χ0v) is 10.7. The molecule has 3 nitrogen and oxygen atoms in total. The molecule has 0 N–H and O–H groups in total. The molecule has 0 saturated carbocycles. The molecule has 0 atom stereocenters. The lowest BCUT2D eigenvalue weighted by Gasteiger charge is -2.29. The Balaban J connectivity index is 1.82. The van der Waals surface area contributed by atoms with E-state index in [0.29, 0.717) is 6.42 Å². The van der Waals surface area contributed by atoms with Crippen LogP contribution in [-0.2, 0) is 17.6 Å². The molecule has 2 heterocycles. The van der Waals surface area contributed by atoms with Gasteiger partial charge in [-0.25, -0.2) is 0 Å². The number of rotatable bonds is 2. The van der Waals surface area contributed by atoms with Gasteiger partial charge in [-0.05, 0) is 36.1 Å². The van der Waals surface area contributed by atoms with Gasteiger partial charge in [-0.1, -0.05) is 24.3 Å². The minimum atomic E-state index is 0.153. The van der Waals surface area contributed by atoms with Crippen LogP contribution in [0.5, 0.6) is 0 Å². The third kappa shape index (κ3) is 2.50. The van der Waals surface area contributed by atoms with Crippen molar-refractivity contribution in [1.29, 1.82) is 0 Å². The quantitative estimate of drug-likeness (QED) is 0.823. The lowest BCUT2D eigenvalue weighted by molar-refractivity contribution is -0.118. The van der Waals surface area contributed by atoms with Crippen LogP contribution in [0.15, 0.2) is 48.8 Å². The molecule has 1 aromatic carbocycles. The van der Waals surface area contributed by atoms with Crippen molar-refractivity contribution in [2.75, 3.05) is 11.4 Å².